The Morgan fingerprint density at radius 2 is 1.87 bits per heavy atom. The summed E-state index contributed by atoms with van der Waals surface area (Å²) in [5.41, 5.74) is 5.18. The summed E-state index contributed by atoms with van der Waals surface area (Å²) in [6, 6.07) is 1.10. The van der Waals surface area contributed by atoms with Gasteiger partial charge in [-0.1, -0.05) is 6.92 Å². The van der Waals surface area contributed by atoms with Crippen LogP contribution in [0.4, 0.5) is 19.0 Å². The number of aromatic amines is 1. The second-order valence-corrected chi connectivity index (χ2v) is 8.67. The Kier molecular flexibility index (Phi) is 6.09. The fourth-order valence-electron chi connectivity index (χ4n) is 4.81. The van der Waals surface area contributed by atoms with Crippen LogP contribution in [0.2, 0.25) is 0 Å². The van der Waals surface area contributed by atoms with E-state index in [0.29, 0.717) is 44.0 Å². The first-order chi connectivity index (χ1) is 14.8. The van der Waals surface area contributed by atoms with E-state index in [2.05, 4.69) is 27.0 Å². The molecular formula is C21H29F3N6O. The number of anilines is 1. The zero-order valence-corrected chi connectivity index (χ0v) is 17.7. The summed E-state index contributed by atoms with van der Waals surface area (Å²) in [5.74, 6) is 0.316. The highest BCUT2D eigenvalue weighted by molar-refractivity contribution is 5.89. The van der Waals surface area contributed by atoms with Gasteiger partial charge in [0.15, 0.2) is 5.65 Å². The van der Waals surface area contributed by atoms with E-state index in [4.69, 9.17) is 5.73 Å². The largest absolute Gasteiger partial charge is 0.417 e. The zero-order chi connectivity index (χ0) is 22.2. The van der Waals surface area contributed by atoms with Crippen LogP contribution in [0.1, 0.15) is 56.2 Å². The van der Waals surface area contributed by atoms with Crippen LogP contribution in [-0.2, 0) is 11.0 Å². The number of nitrogens with two attached hydrogens (primary N) is 1. The van der Waals surface area contributed by atoms with E-state index in [1.165, 1.54) is 0 Å². The highest BCUT2D eigenvalue weighted by atomic mass is 19.4. The minimum Gasteiger partial charge on any atom is -0.383 e. The molecule has 2 fully saturated rings. The van der Waals surface area contributed by atoms with Crippen molar-refractivity contribution in [3.05, 3.63) is 17.3 Å². The van der Waals surface area contributed by atoms with Crippen LogP contribution >= 0.6 is 0 Å². The second-order valence-electron chi connectivity index (χ2n) is 8.67. The Morgan fingerprint density at radius 1 is 1.19 bits per heavy atom. The highest BCUT2D eigenvalue weighted by Crippen LogP contribution is 2.39. The number of rotatable bonds is 4. The number of H-pyrrole nitrogens is 1. The molecule has 4 heterocycles. The van der Waals surface area contributed by atoms with Crippen LogP contribution in [-0.4, -0.2) is 63.6 Å². The van der Waals surface area contributed by atoms with Gasteiger partial charge in [0.1, 0.15) is 5.82 Å². The fraction of sp³-hybridized carbons (Fsp3) is 0.667. The number of carbonyl (C=O) groups is 1. The van der Waals surface area contributed by atoms with Crippen molar-refractivity contribution in [3.8, 4) is 0 Å². The van der Waals surface area contributed by atoms with Gasteiger partial charge in [0, 0.05) is 31.1 Å². The van der Waals surface area contributed by atoms with Crippen molar-refractivity contribution < 1.29 is 18.0 Å². The molecule has 0 aromatic carbocycles. The smallest absolute Gasteiger partial charge is 0.383 e. The molecule has 2 saturated heterocycles. The highest BCUT2D eigenvalue weighted by Gasteiger charge is 2.36. The van der Waals surface area contributed by atoms with E-state index in [0.717, 1.165) is 38.5 Å². The molecule has 170 valence electrons. The van der Waals surface area contributed by atoms with Gasteiger partial charge in [-0.3, -0.25) is 9.89 Å². The van der Waals surface area contributed by atoms with Gasteiger partial charge in [-0.25, -0.2) is 4.98 Å². The van der Waals surface area contributed by atoms with Crippen LogP contribution in [0.25, 0.3) is 11.0 Å². The number of hydrogen-bond acceptors (Lipinski definition) is 5. The Balaban J connectivity index is 1.40. The number of hydrogen-bond donors (Lipinski definition) is 2. The number of nitrogens with zero attached hydrogens (tertiary/aromatic N) is 4. The molecule has 2 aromatic rings. The number of fused-ring (bicyclic) bond motifs is 1. The first-order valence-corrected chi connectivity index (χ1v) is 11.0. The number of amides is 1. The van der Waals surface area contributed by atoms with Crippen LogP contribution < -0.4 is 5.73 Å². The Bertz CT molecular complexity index is 927. The third kappa shape index (κ3) is 4.63. The molecule has 0 spiro atoms. The van der Waals surface area contributed by atoms with E-state index in [1.54, 1.807) is 0 Å². The van der Waals surface area contributed by atoms with Crippen molar-refractivity contribution >= 4 is 22.8 Å². The molecule has 0 radical (unpaired) electrons. The van der Waals surface area contributed by atoms with Gasteiger partial charge >= 0.3 is 6.18 Å². The van der Waals surface area contributed by atoms with Crippen molar-refractivity contribution in [1.82, 2.24) is 25.0 Å². The zero-order valence-electron chi connectivity index (χ0n) is 17.7. The Labute approximate surface area is 179 Å². The minimum atomic E-state index is -4.54. The normalized spacial score (nSPS) is 19.9. The lowest BCUT2D eigenvalue weighted by atomic mass is 9.90. The van der Waals surface area contributed by atoms with Crippen LogP contribution in [0, 0.1) is 5.92 Å². The lowest BCUT2D eigenvalue weighted by molar-refractivity contribution is -0.136. The number of likely N-dealkylation sites (tertiary alicyclic amines) is 2. The van der Waals surface area contributed by atoms with Gasteiger partial charge in [0.05, 0.1) is 10.9 Å². The molecule has 10 heteroatoms. The number of piperidine rings is 2. The summed E-state index contributed by atoms with van der Waals surface area (Å²) in [7, 11) is 0. The van der Waals surface area contributed by atoms with Gasteiger partial charge < -0.3 is 15.5 Å². The molecule has 2 aromatic heterocycles. The summed E-state index contributed by atoms with van der Waals surface area (Å²) in [4.78, 5) is 21.3. The minimum absolute atomic E-state index is 0.0146. The van der Waals surface area contributed by atoms with E-state index in [-0.39, 0.29) is 28.7 Å². The summed E-state index contributed by atoms with van der Waals surface area (Å²) < 4.78 is 40.7. The van der Waals surface area contributed by atoms with Gasteiger partial charge in [-0.05, 0) is 57.3 Å². The predicted molar refractivity (Wildman–Crippen MR) is 111 cm³/mol. The van der Waals surface area contributed by atoms with E-state index in [1.807, 2.05) is 4.90 Å². The molecule has 31 heavy (non-hydrogen) atoms. The molecule has 3 N–H and O–H groups in total. The number of nitrogen functional groups attached to an aromatic ring is 1. The molecule has 0 bridgehead atoms. The van der Waals surface area contributed by atoms with Gasteiger partial charge in [0.2, 0.25) is 5.91 Å². The van der Waals surface area contributed by atoms with Crippen molar-refractivity contribution in [1.29, 1.82) is 0 Å². The third-order valence-electron chi connectivity index (χ3n) is 6.76. The molecule has 7 nitrogen and oxygen atoms in total. The number of alkyl halides is 3. The summed E-state index contributed by atoms with van der Waals surface area (Å²) in [5, 5.41) is 6.05. The average Bonchev–Trinajstić information content (AvgIpc) is 3.14. The molecule has 2 aliphatic heterocycles. The number of halogens is 3. The lowest BCUT2D eigenvalue weighted by Gasteiger charge is -2.35. The quantitative estimate of drug-likeness (QED) is 0.764. The number of carbonyl (C=O) groups excluding carboxylic acids is 1. The first kappa shape index (κ1) is 21.9. The maximum Gasteiger partial charge on any atom is 0.417 e. The van der Waals surface area contributed by atoms with Gasteiger partial charge in [0.25, 0.3) is 0 Å². The van der Waals surface area contributed by atoms with Crippen molar-refractivity contribution in [2.75, 3.05) is 38.5 Å². The summed E-state index contributed by atoms with van der Waals surface area (Å²) in [6.45, 7) is 6.38. The number of aromatic nitrogens is 3. The summed E-state index contributed by atoms with van der Waals surface area (Å²) in [6.07, 6.45) is -0.694. The van der Waals surface area contributed by atoms with Crippen molar-refractivity contribution in [2.45, 2.75) is 51.1 Å². The van der Waals surface area contributed by atoms with E-state index < -0.39 is 11.7 Å². The molecule has 1 amide bonds. The summed E-state index contributed by atoms with van der Waals surface area (Å²) >= 11 is 0. The van der Waals surface area contributed by atoms with Crippen LogP contribution in [0.3, 0.4) is 0 Å². The molecule has 0 aliphatic carbocycles. The molecular weight excluding hydrogens is 409 g/mol. The molecule has 0 unspecified atom stereocenters. The maximum absolute atomic E-state index is 13.6. The van der Waals surface area contributed by atoms with Crippen LogP contribution in [0.15, 0.2) is 6.07 Å². The van der Waals surface area contributed by atoms with Gasteiger partial charge in [-0.15, -0.1) is 0 Å². The average molecular weight is 438 g/mol. The molecule has 2 aliphatic rings. The topological polar surface area (TPSA) is 91.1 Å². The number of nitrogens with one attached hydrogen (secondary N) is 1. The van der Waals surface area contributed by atoms with Gasteiger partial charge in [-0.2, -0.15) is 18.3 Å². The Morgan fingerprint density at radius 3 is 2.48 bits per heavy atom. The first-order valence-electron chi connectivity index (χ1n) is 11.0. The lowest BCUT2D eigenvalue weighted by Crippen LogP contribution is -2.40. The predicted octanol–water partition coefficient (Wildman–Crippen LogP) is 3.39. The molecule has 0 atom stereocenters. The third-order valence-corrected chi connectivity index (χ3v) is 6.76. The SMILES string of the molecule is CCN1CCC(CC(=O)N2CCC(c3cc(C(F)(F)F)c4c(N)[nH]nc4n3)CC2)CC1. The fourth-order valence-corrected chi connectivity index (χ4v) is 4.81. The monoisotopic (exact) mass is 438 g/mol. The molecule has 4 rings (SSSR count). The molecule has 0 saturated carbocycles. The number of pyridine rings is 1. The standard InChI is InChI=1S/C21H29F3N6O/c1-2-29-7-3-13(4-8-29)11-17(31)30-9-5-14(6-10-30)16-12-15(21(22,23)24)18-19(25)27-28-20(18)26-16/h12-14H,2-11H2,1H3,(H3,25,26,27,28). The maximum atomic E-state index is 13.6. The van der Waals surface area contributed by atoms with E-state index in [9.17, 15) is 18.0 Å². The van der Waals surface area contributed by atoms with Crippen molar-refractivity contribution in [2.24, 2.45) is 5.92 Å². The van der Waals surface area contributed by atoms with E-state index >= 15 is 0 Å². The second kappa shape index (κ2) is 8.64. The van der Waals surface area contributed by atoms with Crippen molar-refractivity contribution in [3.63, 3.8) is 0 Å². The van der Waals surface area contributed by atoms with Crippen LogP contribution in [0.5, 0.6) is 0 Å². The Hall–Kier alpha value is -2.36.